The second-order valence-electron chi connectivity index (χ2n) is 20.4. The third-order valence-electron chi connectivity index (χ3n) is 12.9. The van der Waals surface area contributed by atoms with Crippen LogP contribution in [0.3, 0.4) is 0 Å². The van der Waals surface area contributed by atoms with Gasteiger partial charge in [-0.1, -0.05) is 142 Å². The van der Waals surface area contributed by atoms with Crippen molar-refractivity contribution >= 4 is 56.9 Å². The number of methoxy groups -OCH3 is 2. The van der Waals surface area contributed by atoms with Crippen molar-refractivity contribution in [1.82, 2.24) is 25.4 Å². The largest absolute Gasteiger partial charge is 0.448 e. The summed E-state index contributed by atoms with van der Waals surface area (Å²) in [4.78, 5) is 81.0. The Morgan fingerprint density at radius 3 is 1.95 bits per heavy atom. The molecule has 0 aliphatic carbocycles. The number of hydrogen-bond acceptors (Lipinski definition) is 14. The number of likely N-dealkylation sites (N-methyl/N-ethyl adjacent to an activating group) is 2. The summed E-state index contributed by atoms with van der Waals surface area (Å²) < 4.78 is 16.3. The molecule has 2 aromatic rings. The molecule has 0 radical (unpaired) electrons. The molecule has 1 heterocycles. The van der Waals surface area contributed by atoms with E-state index in [1.165, 1.54) is 84.0 Å². The highest BCUT2D eigenvalue weighted by Gasteiger charge is 2.36. The predicted octanol–water partition coefficient (Wildman–Crippen LogP) is 10.7. The summed E-state index contributed by atoms with van der Waals surface area (Å²) in [6.45, 7) is 27.2. The molecule has 4 amide bonds. The first-order chi connectivity index (χ1) is 34.7. The van der Waals surface area contributed by atoms with Crippen LogP contribution in [0, 0.1) is 39.7 Å². The quantitative estimate of drug-likeness (QED) is 0.0377. The third kappa shape index (κ3) is 25.5. The van der Waals surface area contributed by atoms with Gasteiger partial charge in [-0.3, -0.25) is 34.2 Å². The number of ketones is 1. The van der Waals surface area contributed by atoms with Crippen molar-refractivity contribution in [3.63, 3.8) is 0 Å². The Bertz CT molecular complexity index is 1950. The van der Waals surface area contributed by atoms with E-state index in [0.29, 0.717) is 10.9 Å². The van der Waals surface area contributed by atoms with Crippen LogP contribution in [-0.4, -0.2) is 131 Å². The predicted molar refractivity (Wildman–Crippen MR) is 299 cm³/mol. The number of aliphatic hydroxyl groups excluding tert-OH is 1. The minimum absolute atomic E-state index is 0.0223. The summed E-state index contributed by atoms with van der Waals surface area (Å²) in [5.41, 5.74) is 0.704. The number of rotatable bonds is 30. The Balaban J connectivity index is 0.00000151. The zero-order valence-electron chi connectivity index (χ0n) is 48.0. The van der Waals surface area contributed by atoms with Gasteiger partial charge in [0, 0.05) is 40.8 Å². The number of Topliss-reactive ketones (excluding diaryl/α,β-unsaturated/α-hetero) is 1. The number of carbonyl (C=O) groups is 5. The fourth-order valence-corrected chi connectivity index (χ4v) is 10.1. The Hall–Kier alpha value is -4.30. The monoisotopic (exact) mass is 1080 g/mol. The van der Waals surface area contributed by atoms with Crippen LogP contribution < -0.4 is 10.6 Å². The average Bonchev–Trinajstić information content (AvgIpc) is 3.36. The standard InChI is InChI=1S/C29H47N5O8S2.C23H39NO3.C3H8/c1-11-19(4)26(22(41-10)14-20(5)35)32(8)24(36)16-31-27(37)25(18(2)3)33(9)28(38)42-17-29(6,7)44-43-23-13-12-21(15-30-23)34(39)40;1-7-16(2)12-11-13-17(3)22(27-6)18(4)23(26)24-19(5)21(25)20-14-9-8-10-15-20;1-3-2/h12-13,15,18-19,22,25-26H,11,14,16-17H2,1-10H3,(H,31,37);8-10,14-19,21-22,25H,7,11-13H2,1-6H3,(H,24,26);3H2,1-2H3. The minimum atomic E-state index is -0.898. The normalized spacial score (nSPS) is 15.4. The zero-order chi connectivity index (χ0) is 56.9. The summed E-state index contributed by atoms with van der Waals surface area (Å²) in [6, 6.07) is 10.7. The van der Waals surface area contributed by atoms with Crippen molar-refractivity contribution in [1.29, 1.82) is 0 Å². The SMILES string of the molecule is CCC.CCC(C)C(C(CC(C)=O)OC)N(C)C(=O)CNC(=O)C(C(C)C)N(C)C(=O)OCC(C)(C)SSc1ccc([N+](=O)[O-])cn1.CCC(C)CCCC(C)C(OC)C(C)C(=O)NC(C)C(O)c1ccccc1. The number of hydrogen-bond donors (Lipinski definition) is 3. The van der Waals surface area contributed by atoms with Crippen molar-refractivity contribution in [3.05, 3.63) is 64.3 Å². The van der Waals surface area contributed by atoms with Crippen molar-refractivity contribution in [3.8, 4) is 0 Å². The highest BCUT2D eigenvalue weighted by molar-refractivity contribution is 8.77. The van der Waals surface area contributed by atoms with E-state index in [-0.39, 0.29) is 78.8 Å². The van der Waals surface area contributed by atoms with Crippen molar-refractivity contribution in [2.45, 2.75) is 188 Å². The zero-order valence-corrected chi connectivity index (χ0v) is 49.6. The van der Waals surface area contributed by atoms with Crippen LogP contribution >= 0.6 is 21.6 Å². The van der Waals surface area contributed by atoms with E-state index in [0.717, 1.165) is 30.7 Å². The first-order valence-corrected chi connectivity index (χ1v) is 28.3. The van der Waals surface area contributed by atoms with Gasteiger partial charge in [0.15, 0.2) is 0 Å². The van der Waals surface area contributed by atoms with E-state index in [2.05, 4.69) is 50.2 Å². The molecule has 10 unspecified atom stereocenters. The molecule has 0 fully saturated rings. The van der Waals surface area contributed by atoms with Crippen LogP contribution in [0.4, 0.5) is 10.5 Å². The molecule has 0 saturated heterocycles. The first kappa shape index (κ1) is 69.7. The summed E-state index contributed by atoms with van der Waals surface area (Å²) in [6.07, 6.45) is 5.98. The topological polar surface area (TPSA) is 220 Å². The van der Waals surface area contributed by atoms with Gasteiger partial charge in [0.05, 0.1) is 52.5 Å². The van der Waals surface area contributed by atoms with E-state index >= 15 is 0 Å². The highest BCUT2D eigenvalue weighted by atomic mass is 33.1. The maximum atomic E-state index is 13.2. The van der Waals surface area contributed by atoms with E-state index in [9.17, 15) is 39.2 Å². The van der Waals surface area contributed by atoms with Crippen LogP contribution in [0.1, 0.15) is 154 Å². The second kappa shape index (κ2) is 36.6. The van der Waals surface area contributed by atoms with Gasteiger partial charge in [-0.2, -0.15) is 0 Å². The van der Waals surface area contributed by atoms with Gasteiger partial charge in [0.25, 0.3) is 5.69 Å². The lowest BCUT2D eigenvalue weighted by Gasteiger charge is -2.37. The smallest absolute Gasteiger partial charge is 0.410 e. The van der Waals surface area contributed by atoms with Crippen molar-refractivity contribution < 1.29 is 48.2 Å². The van der Waals surface area contributed by atoms with Gasteiger partial charge in [-0.15, -0.1) is 0 Å². The van der Waals surface area contributed by atoms with E-state index in [4.69, 9.17) is 14.2 Å². The highest BCUT2D eigenvalue weighted by Crippen LogP contribution is 2.40. The van der Waals surface area contributed by atoms with Crippen LogP contribution in [0.15, 0.2) is 53.7 Å². The van der Waals surface area contributed by atoms with Gasteiger partial charge < -0.3 is 34.9 Å². The summed E-state index contributed by atoms with van der Waals surface area (Å²) in [7, 11) is 8.99. The number of carbonyl (C=O) groups excluding carboxylic acids is 5. The molecule has 3 N–H and O–H groups in total. The molecule has 1 aromatic carbocycles. The van der Waals surface area contributed by atoms with Crippen molar-refractivity contribution in [2.75, 3.05) is 41.5 Å². The van der Waals surface area contributed by atoms with E-state index < -0.39 is 39.9 Å². The third-order valence-corrected chi connectivity index (χ3v) is 16.0. The van der Waals surface area contributed by atoms with Gasteiger partial charge >= 0.3 is 6.09 Å². The number of aliphatic hydroxyl groups is 1. The number of aromatic nitrogens is 1. The molecule has 422 valence electrons. The minimum Gasteiger partial charge on any atom is -0.448 e. The van der Waals surface area contributed by atoms with Crippen LogP contribution in [0.25, 0.3) is 0 Å². The molecule has 10 atom stereocenters. The average molecular weight is 1080 g/mol. The lowest BCUT2D eigenvalue weighted by molar-refractivity contribution is -0.385. The van der Waals surface area contributed by atoms with Gasteiger partial charge in [-0.25, -0.2) is 9.78 Å². The van der Waals surface area contributed by atoms with Crippen LogP contribution in [0.5, 0.6) is 0 Å². The molecule has 17 nitrogen and oxygen atoms in total. The molecular weight excluding hydrogens is 985 g/mol. The maximum absolute atomic E-state index is 13.2. The lowest BCUT2D eigenvalue weighted by atomic mass is 9.87. The number of ether oxygens (including phenoxy) is 3. The van der Waals surface area contributed by atoms with Crippen LogP contribution in [0.2, 0.25) is 0 Å². The molecule has 0 aliphatic heterocycles. The van der Waals surface area contributed by atoms with Gasteiger partial charge in [0.2, 0.25) is 17.7 Å². The molecule has 19 heteroatoms. The van der Waals surface area contributed by atoms with E-state index in [1.54, 1.807) is 34.1 Å². The first-order valence-electron chi connectivity index (χ1n) is 26.2. The molecule has 0 bridgehead atoms. The number of benzene rings is 1. The van der Waals surface area contributed by atoms with Crippen LogP contribution in [-0.2, 0) is 33.4 Å². The maximum Gasteiger partial charge on any atom is 0.410 e. The van der Waals surface area contributed by atoms with E-state index in [1.807, 2.05) is 71.9 Å². The number of nitrogens with one attached hydrogen (secondary N) is 2. The number of amides is 4. The van der Waals surface area contributed by atoms with Gasteiger partial charge in [0.1, 0.15) is 29.7 Å². The molecule has 0 saturated carbocycles. The summed E-state index contributed by atoms with van der Waals surface area (Å²) in [5, 5.41) is 27.5. The second-order valence-corrected chi connectivity index (χ2v) is 23.3. The molecular formula is C55H94N6O11S2. The van der Waals surface area contributed by atoms with Crippen molar-refractivity contribution in [2.24, 2.45) is 29.6 Å². The summed E-state index contributed by atoms with van der Waals surface area (Å²) >= 11 is 0. The number of nitrogens with zero attached hydrogens (tertiary/aromatic N) is 4. The molecule has 0 spiro atoms. The van der Waals surface area contributed by atoms with Gasteiger partial charge in [-0.05, 0) is 80.2 Å². The molecule has 2 rings (SSSR count). The Morgan fingerprint density at radius 2 is 1.46 bits per heavy atom. The Labute approximate surface area is 452 Å². The summed E-state index contributed by atoms with van der Waals surface area (Å²) in [5.74, 6) is -0.406. The lowest BCUT2D eigenvalue weighted by Crippen LogP contribution is -2.55. The Morgan fingerprint density at radius 1 is 0.851 bits per heavy atom. The fraction of sp³-hybridized carbons (Fsp3) is 0.709. The number of nitro groups is 1. The number of pyridine rings is 1. The molecule has 74 heavy (non-hydrogen) atoms. The Kier molecular flexibility index (Phi) is 34.5. The molecule has 1 aromatic heterocycles. The fourth-order valence-electron chi connectivity index (χ4n) is 8.12. The molecule has 0 aliphatic rings.